The summed E-state index contributed by atoms with van der Waals surface area (Å²) in [6, 6.07) is 7.71. The van der Waals surface area contributed by atoms with Crippen LogP contribution in [0.25, 0.3) is 0 Å². The van der Waals surface area contributed by atoms with Crippen molar-refractivity contribution in [2.45, 2.75) is 27.2 Å². The highest BCUT2D eigenvalue weighted by Crippen LogP contribution is 2.15. The number of anilines is 1. The number of nitrogens with zero attached hydrogens (tertiary/aromatic N) is 1. The minimum Gasteiger partial charge on any atom is -0.325 e. The van der Waals surface area contributed by atoms with Crippen molar-refractivity contribution in [3.8, 4) is 6.07 Å². The lowest BCUT2D eigenvalue weighted by molar-refractivity contribution is -0.118. The average molecular weight is 216 g/mol. The van der Waals surface area contributed by atoms with Gasteiger partial charge in [0.25, 0.3) is 0 Å². The zero-order valence-corrected chi connectivity index (χ0v) is 9.87. The SMILES string of the molecule is CCC(C#N)C(=O)Nc1ccc(C)c(C)c1. The quantitative estimate of drug-likeness (QED) is 0.844. The van der Waals surface area contributed by atoms with Crippen molar-refractivity contribution in [3.05, 3.63) is 29.3 Å². The lowest BCUT2D eigenvalue weighted by atomic mass is 10.1. The predicted molar refractivity (Wildman–Crippen MR) is 63.9 cm³/mol. The zero-order valence-electron chi connectivity index (χ0n) is 9.87. The van der Waals surface area contributed by atoms with Gasteiger partial charge in [0.2, 0.25) is 5.91 Å². The third-order valence-electron chi connectivity index (χ3n) is 2.66. The fraction of sp³-hybridized carbons (Fsp3) is 0.385. The summed E-state index contributed by atoms with van der Waals surface area (Å²) in [6.45, 7) is 5.84. The van der Waals surface area contributed by atoms with Crippen molar-refractivity contribution in [2.24, 2.45) is 5.92 Å². The maximum Gasteiger partial charge on any atom is 0.241 e. The average Bonchev–Trinajstić information content (AvgIpc) is 2.25. The van der Waals surface area contributed by atoms with Crippen LogP contribution in [0.1, 0.15) is 24.5 Å². The number of aryl methyl sites for hydroxylation is 2. The van der Waals surface area contributed by atoms with E-state index in [0.29, 0.717) is 6.42 Å². The summed E-state index contributed by atoms with van der Waals surface area (Å²) < 4.78 is 0. The first-order chi connectivity index (χ1) is 7.58. The van der Waals surface area contributed by atoms with Gasteiger partial charge in [-0.15, -0.1) is 0 Å². The van der Waals surface area contributed by atoms with Crippen molar-refractivity contribution >= 4 is 11.6 Å². The Morgan fingerprint density at radius 3 is 2.62 bits per heavy atom. The Kier molecular flexibility index (Phi) is 4.07. The Labute approximate surface area is 96.1 Å². The van der Waals surface area contributed by atoms with Gasteiger partial charge in [-0.05, 0) is 43.5 Å². The number of nitriles is 1. The molecule has 0 heterocycles. The molecule has 0 bridgehead atoms. The Balaban J connectivity index is 2.78. The first-order valence-corrected chi connectivity index (χ1v) is 5.36. The van der Waals surface area contributed by atoms with E-state index in [-0.39, 0.29) is 5.91 Å². The number of carbonyl (C=O) groups excluding carboxylic acids is 1. The van der Waals surface area contributed by atoms with Crippen LogP contribution in [0, 0.1) is 31.1 Å². The smallest absolute Gasteiger partial charge is 0.241 e. The molecule has 1 unspecified atom stereocenters. The molecule has 0 saturated heterocycles. The van der Waals surface area contributed by atoms with Gasteiger partial charge in [-0.3, -0.25) is 4.79 Å². The number of benzene rings is 1. The minimum atomic E-state index is -0.568. The van der Waals surface area contributed by atoms with Crippen molar-refractivity contribution in [1.29, 1.82) is 5.26 Å². The summed E-state index contributed by atoms with van der Waals surface area (Å²) in [5.74, 6) is -0.796. The molecule has 0 saturated carbocycles. The van der Waals surface area contributed by atoms with E-state index in [2.05, 4.69) is 5.32 Å². The summed E-state index contributed by atoms with van der Waals surface area (Å²) in [6.07, 6.45) is 0.535. The predicted octanol–water partition coefficient (Wildman–Crippen LogP) is 2.79. The highest BCUT2D eigenvalue weighted by atomic mass is 16.1. The number of carbonyl (C=O) groups is 1. The second kappa shape index (κ2) is 5.32. The Morgan fingerprint density at radius 2 is 2.12 bits per heavy atom. The van der Waals surface area contributed by atoms with E-state index < -0.39 is 5.92 Å². The summed E-state index contributed by atoms with van der Waals surface area (Å²) in [5.41, 5.74) is 3.06. The van der Waals surface area contributed by atoms with E-state index in [1.54, 1.807) is 0 Å². The summed E-state index contributed by atoms with van der Waals surface area (Å²) in [4.78, 5) is 11.6. The molecule has 16 heavy (non-hydrogen) atoms. The van der Waals surface area contributed by atoms with Gasteiger partial charge in [0.05, 0.1) is 6.07 Å². The molecule has 1 aromatic carbocycles. The van der Waals surface area contributed by atoms with E-state index in [4.69, 9.17) is 5.26 Å². The van der Waals surface area contributed by atoms with Crippen molar-refractivity contribution in [3.63, 3.8) is 0 Å². The van der Waals surface area contributed by atoms with Crippen molar-refractivity contribution < 1.29 is 4.79 Å². The van der Waals surface area contributed by atoms with E-state index >= 15 is 0 Å². The number of hydrogen-bond acceptors (Lipinski definition) is 2. The number of rotatable bonds is 3. The highest BCUT2D eigenvalue weighted by molar-refractivity contribution is 5.94. The topological polar surface area (TPSA) is 52.9 Å². The lowest BCUT2D eigenvalue weighted by Crippen LogP contribution is -2.20. The van der Waals surface area contributed by atoms with Gasteiger partial charge < -0.3 is 5.32 Å². The molecule has 1 aromatic rings. The fourth-order valence-electron chi connectivity index (χ4n) is 1.38. The molecular formula is C13H16N2O. The Morgan fingerprint density at radius 1 is 1.44 bits per heavy atom. The number of amides is 1. The molecule has 0 aliphatic carbocycles. The lowest BCUT2D eigenvalue weighted by Gasteiger charge is -2.09. The molecule has 1 rings (SSSR count). The summed E-state index contributed by atoms with van der Waals surface area (Å²) in [5, 5.41) is 11.5. The largest absolute Gasteiger partial charge is 0.325 e. The minimum absolute atomic E-state index is 0.228. The van der Waals surface area contributed by atoms with Gasteiger partial charge in [0.15, 0.2) is 0 Å². The third-order valence-corrected chi connectivity index (χ3v) is 2.66. The molecular weight excluding hydrogens is 200 g/mol. The standard InChI is InChI=1S/C13H16N2O/c1-4-11(8-14)13(16)15-12-6-5-9(2)10(3)7-12/h5-7,11H,4H2,1-3H3,(H,15,16). The normalized spacial score (nSPS) is 11.6. The van der Waals surface area contributed by atoms with E-state index in [1.165, 1.54) is 5.56 Å². The molecule has 0 aromatic heterocycles. The van der Waals surface area contributed by atoms with Crippen LogP contribution in [0.2, 0.25) is 0 Å². The maximum atomic E-state index is 11.6. The Hall–Kier alpha value is -1.82. The van der Waals surface area contributed by atoms with Crippen LogP contribution >= 0.6 is 0 Å². The van der Waals surface area contributed by atoms with E-state index in [9.17, 15) is 4.79 Å². The van der Waals surface area contributed by atoms with Gasteiger partial charge in [-0.25, -0.2) is 0 Å². The molecule has 84 valence electrons. The zero-order chi connectivity index (χ0) is 12.1. The molecule has 1 atom stereocenters. The van der Waals surface area contributed by atoms with Crippen LogP contribution in [0.3, 0.4) is 0 Å². The molecule has 1 amide bonds. The van der Waals surface area contributed by atoms with Crippen molar-refractivity contribution in [2.75, 3.05) is 5.32 Å². The fourth-order valence-corrected chi connectivity index (χ4v) is 1.38. The van der Waals surface area contributed by atoms with Gasteiger partial charge in [0.1, 0.15) is 5.92 Å². The molecule has 3 nitrogen and oxygen atoms in total. The van der Waals surface area contributed by atoms with Gasteiger partial charge in [0, 0.05) is 5.69 Å². The molecule has 1 N–H and O–H groups in total. The van der Waals surface area contributed by atoms with Crippen LogP contribution in [-0.2, 0) is 4.79 Å². The molecule has 0 aliphatic heterocycles. The maximum absolute atomic E-state index is 11.6. The van der Waals surface area contributed by atoms with Gasteiger partial charge in [-0.1, -0.05) is 13.0 Å². The van der Waals surface area contributed by atoms with Crippen LogP contribution in [0.15, 0.2) is 18.2 Å². The first-order valence-electron chi connectivity index (χ1n) is 5.36. The van der Waals surface area contributed by atoms with Crippen LogP contribution < -0.4 is 5.32 Å². The molecule has 0 radical (unpaired) electrons. The molecule has 3 heteroatoms. The van der Waals surface area contributed by atoms with Crippen molar-refractivity contribution in [1.82, 2.24) is 0 Å². The van der Waals surface area contributed by atoms with Gasteiger partial charge >= 0.3 is 0 Å². The number of hydrogen-bond donors (Lipinski definition) is 1. The highest BCUT2D eigenvalue weighted by Gasteiger charge is 2.15. The van der Waals surface area contributed by atoms with Crippen LogP contribution in [0.5, 0.6) is 0 Å². The Bertz CT molecular complexity index is 432. The van der Waals surface area contributed by atoms with E-state index in [1.807, 2.05) is 45.0 Å². The van der Waals surface area contributed by atoms with Crippen LogP contribution in [0.4, 0.5) is 5.69 Å². The van der Waals surface area contributed by atoms with E-state index in [0.717, 1.165) is 11.3 Å². The molecule has 0 spiro atoms. The second-order valence-electron chi connectivity index (χ2n) is 3.88. The van der Waals surface area contributed by atoms with Gasteiger partial charge in [-0.2, -0.15) is 5.26 Å². The summed E-state index contributed by atoms with van der Waals surface area (Å²) in [7, 11) is 0. The molecule has 0 aliphatic rings. The number of nitrogens with one attached hydrogen (secondary N) is 1. The first kappa shape index (κ1) is 12.3. The van der Waals surface area contributed by atoms with Crippen LogP contribution in [-0.4, -0.2) is 5.91 Å². The summed E-state index contributed by atoms with van der Waals surface area (Å²) >= 11 is 0. The second-order valence-corrected chi connectivity index (χ2v) is 3.88. The molecule has 0 fully saturated rings. The third kappa shape index (κ3) is 2.83. The monoisotopic (exact) mass is 216 g/mol.